The number of hydrogen-bond acceptors (Lipinski definition) is 2. The van der Waals surface area contributed by atoms with E-state index in [9.17, 15) is 9.59 Å². The van der Waals surface area contributed by atoms with E-state index < -0.39 is 11.9 Å². The zero-order valence-electron chi connectivity index (χ0n) is 13.0. The Hall–Kier alpha value is -2.34. The molecular formula is C17H16BrN3O2. The van der Waals surface area contributed by atoms with Crippen molar-refractivity contribution in [3.05, 3.63) is 56.9 Å². The van der Waals surface area contributed by atoms with Gasteiger partial charge in [0, 0.05) is 21.5 Å². The summed E-state index contributed by atoms with van der Waals surface area (Å²) in [6, 6.07) is 7.67. The third-order valence-electron chi connectivity index (χ3n) is 3.89. The van der Waals surface area contributed by atoms with Crippen molar-refractivity contribution in [2.45, 2.75) is 20.8 Å². The van der Waals surface area contributed by atoms with Gasteiger partial charge in [0.25, 0.3) is 5.91 Å². The van der Waals surface area contributed by atoms with Crippen LogP contribution in [0.15, 0.2) is 34.4 Å². The van der Waals surface area contributed by atoms with Gasteiger partial charge in [-0.1, -0.05) is 15.9 Å². The topological polar surface area (TPSA) is 63.1 Å². The molecule has 5 nitrogen and oxygen atoms in total. The maximum atomic E-state index is 11.7. The smallest absolute Gasteiger partial charge is 0.318 e. The summed E-state index contributed by atoms with van der Waals surface area (Å²) in [5.74, 6) is -0.403. The molecule has 0 aliphatic carbocycles. The van der Waals surface area contributed by atoms with E-state index >= 15 is 0 Å². The van der Waals surface area contributed by atoms with Gasteiger partial charge in [-0.3, -0.25) is 10.1 Å². The van der Waals surface area contributed by atoms with Gasteiger partial charge in [0.05, 0.1) is 0 Å². The van der Waals surface area contributed by atoms with Gasteiger partial charge in [-0.15, -0.1) is 0 Å². The Bertz CT molecular complexity index is 865. The highest BCUT2D eigenvalue weighted by atomic mass is 79.9. The monoisotopic (exact) mass is 373 g/mol. The van der Waals surface area contributed by atoms with Gasteiger partial charge in [0.15, 0.2) is 0 Å². The van der Waals surface area contributed by atoms with Crippen LogP contribution in [-0.2, 0) is 4.79 Å². The van der Waals surface area contributed by atoms with Crippen LogP contribution in [0.1, 0.15) is 22.5 Å². The Kier molecular flexibility index (Phi) is 3.85. The molecule has 1 aliphatic rings. The first-order chi connectivity index (χ1) is 10.9. The van der Waals surface area contributed by atoms with Gasteiger partial charge in [0.1, 0.15) is 5.70 Å². The van der Waals surface area contributed by atoms with Crippen molar-refractivity contribution in [3.8, 4) is 5.69 Å². The van der Waals surface area contributed by atoms with Crippen LogP contribution in [0.4, 0.5) is 4.79 Å². The van der Waals surface area contributed by atoms with E-state index in [0.29, 0.717) is 0 Å². The van der Waals surface area contributed by atoms with E-state index in [4.69, 9.17) is 0 Å². The van der Waals surface area contributed by atoms with E-state index in [1.54, 1.807) is 6.08 Å². The van der Waals surface area contributed by atoms with Crippen molar-refractivity contribution in [1.29, 1.82) is 0 Å². The van der Waals surface area contributed by atoms with Crippen molar-refractivity contribution in [3.63, 3.8) is 0 Å². The lowest BCUT2D eigenvalue weighted by atomic mass is 10.2. The van der Waals surface area contributed by atoms with Crippen LogP contribution in [-0.4, -0.2) is 16.5 Å². The standard InChI is InChI=1S/C17H16BrN3O2/c1-9-6-13(4-5-14(9)18)21-10(2)7-12(11(21)3)8-15-16(22)20-17(23)19-15/h4-8H,1-3H3,(H2,19,20,22,23). The van der Waals surface area contributed by atoms with E-state index in [2.05, 4.69) is 37.2 Å². The van der Waals surface area contributed by atoms with Gasteiger partial charge < -0.3 is 9.88 Å². The number of halogens is 1. The SMILES string of the molecule is Cc1cc(-n2c(C)cc(C=C3NC(=O)NC3=O)c2C)ccc1Br. The Morgan fingerprint density at radius 3 is 2.43 bits per heavy atom. The van der Waals surface area contributed by atoms with Crippen LogP contribution in [0.5, 0.6) is 0 Å². The summed E-state index contributed by atoms with van der Waals surface area (Å²) in [7, 11) is 0. The lowest BCUT2D eigenvalue weighted by Crippen LogP contribution is -2.22. The number of nitrogens with one attached hydrogen (secondary N) is 2. The molecule has 0 radical (unpaired) electrons. The number of aromatic nitrogens is 1. The molecular weight excluding hydrogens is 358 g/mol. The molecule has 0 unspecified atom stereocenters. The molecule has 3 amide bonds. The normalized spacial score (nSPS) is 15.9. The number of amides is 3. The fourth-order valence-electron chi connectivity index (χ4n) is 2.74. The highest BCUT2D eigenvalue weighted by molar-refractivity contribution is 9.10. The Labute approximate surface area is 142 Å². The molecule has 1 aromatic heterocycles. The van der Waals surface area contributed by atoms with E-state index in [1.807, 2.05) is 39.0 Å². The summed E-state index contributed by atoms with van der Waals surface area (Å²) < 4.78 is 3.19. The first kappa shape index (κ1) is 15.6. The number of carbonyl (C=O) groups is 2. The van der Waals surface area contributed by atoms with E-state index in [-0.39, 0.29) is 5.70 Å². The molecule has 0 spiro atoms. The number of nitrogens with zero attached hydrogens (tertiary/aromatic N) is 1. The third kappa shape index (κ3) is 2.82. The van der Waals surface area contributed by atoms with Crippen molar-refractivity contribution in [1.82, 2.24) is 15.2 Å². The van der Waals surface area contributed by atoms with Crippen LogP contribution < -0.4 is 10.6 Å². The zero-order valence-corrected chi connectivity index (χ0v) is 14.6. The van der Waals surface area contributed by atoms with Crippen LogP contribution >= 0.6 is 15.9 Å². The fraction of sp³-hybridized carbons (Fsp3) is 0.176. The highest BCUT2D eigenvalue weighted by Crippen LogP contribution is 2.26. The molecule has 0 saturated carbocycles. The molecule has 1 fully saturated rings. The summed E-state index contributed by atoms with van der Waals surface area (Å²) in [5, 5.41) is 4.71. The molecule has 2 heterocycles. The minimum absolute atomic E-state index is 0.266. The highest BCUT2D eigenvalue weighted by Gasteiger charge is 2.23. The molecule has 23 heavy (non-hydrogen) atoms. The maximum Gasteiger partial charge on any atom is 0.326 e. The quantitative estimate of drug-likeness (QED) is 0.626. The van der Waals surface area contributed by atoms with Crippen molar-refractivity contribution < 1.29 is 9.59 Å². The molecule has 6 heteroatoms. The number of benzene rings is 1. The fourth-order valence-corrected chi connectivity index (χ4v) is 2.98. The minimum atomic E-state index is -0.487. The Morgan fingerprint density at radius 1 is 1.09 bits per heavy atom. The lowest BCUT2D eigenvalue weighted by Gasteiger charge is -2.11. The lowest BCUT2D eigenvalue weighted by molar-refractivity contribution is -0.115. The van der Waals surface area contributed by atoms with Gasteiger partial charge in [-0.2, -0.15) is 0 Å². The molecule has 0 atom stereocenters. The van der Waals surface area contributed by atoms with E-state index in [0.717, 1.165) is 32.7 Å². The van der Waals surface area contributed by atoms with Gasteiger partial charge in [0.2, 0.25) is 0 Å². The molecule has 1 aliphatic heterocycles. The average Bonchev–Trinajstić information content (AvgIpc) is 2.93. The largest absolute Gasteiger partial charge is 0.326 e. The number of aryl methyl sites for hydroxylation is 2. The first-order valence-electron chi connectivity index (χ1n) is 7.16. The number of imide groups is 1. The van der Waals surface area contributed by atoms with Crippen LogP contribution in [0.2, 0.25) is 0 Å². The van der Waals surface area contributed by atoms with Crippen molar-refractivity contribution in [2.24, 2.45) is 0 Å². The molecule has 2 aromatic rings. The number of urea groups is 1. The average molecular weight is 374 g/mol. The van der Waals surface area contributed by atoms with Crippen molar-refractivity contribution >= 4 is 33.9 Å². The number of rotatable bonds is 2. The first-order valence-corrected chi connectivity index (χ1v) is 7.95. The molecule has 1 aromatic carbocycles. The molecule has 0 bridgehead atoms. The van der Waals surface area contributed by atoms with Gasteiger partial charge in [-0.05, 0) is 62.2 Å². The Balaban J connectivity index is 2.06. The van der Waals surface area contributed by atoms with Crippen LogP contribution in [0.3, 0.4) is 0 Å². The molecule has 118 valence electrons. The predicted octanol–water partition coefficient (Wildman–Crippen LogP) is 3.35. The molecule has 1 saturated heterocycles. The maximum absolute atomic E-state index is 11.7. The second-order valence-electron chi connectivity index (χ2n) is 5.56. The summed E-state index contributed by atoms with van der Waals surface area (Å²) in [5.41, 5.74) is 5.44. The number of carbonyl (C=O) groups excluding carboxylic acids is 2. The minimum Gasteiger partial charge on any atom is -0.318 e. The summed E-state index contributed by atoms with van der Waals surface area (Å²) in [6.07, 6.45) is 1.70. The van der Waals surface area contributed by atoms with E-state index in [1.165, 1.54) is 0 Å². The van der Waals surface area contributed by atoms with Gasteiger partial charge >= 0.3 is 6.03 Å². The zero-order chi connectivity index (χ0) is 16.7. The van der Waals surface area contributed by atoms with Gasteiger partial charge in [-0.25, -0.2) is 4.79 Å². The predicted molar refractivity (Wildman–Crippen MR) is 92.3 cm³/mol. The second-order valence-corrected chi connectivity index (χ2v) is 6.42. The van der Waals surface area contributed by atoms with Crippen molar-refractivity contribution in [2.75, 3.05) is 0 Å². The molecule has 3 rings (SSSR count). The second kappa shape index (κ2) is 5.70. The third-order valence-corrected chi connectivity index (χ3v) is 4.78. The summed E-state index contributed by atoms with van der Waals surface area (Å²) >= 11 is 3.51. The van der Waals surface area contributed by atoms with Crippen LogP contribution in [0.25, 0.3) is 11.8 Å². The number of hydrogen-bond donors (Lipinski definition) is 2. The summed E-state index contributed by atoms with van der Waals surface area (Å²) in [4.78, 5) is 22.9. The summed E-state index contributed by atoms with van der Waals surface area (Å²) in [6.45, 7) is 6.05. The molecule has 2 N–H and O–H groups in total. The van der Waals surface area contributed by atoms with Crippen LogP contribution in [0, 0.1) is 20.8 Å². The Morgan fingerprint density at radius 2 is 1.83 bits per heavy atom.